The van der Waals surface area contributed by atoms with E-state index in [0.717, 1.165) is 16.7 Å². The summed E-state index contributed by atoms with van der Waals surface area (Å²) in [4.78, 5) is 4.07. The summed E-state index contributed by atoms with van der Waals surface area (Å²) in [6.45, 7) is 2.80. The first-order valence-corrected chi connectivity index (χ1v) is 5.67. The summed E-state index contributed by atoms with van der Waals surface area (Å²) in [6.07, 6.45) is 3.68. The molecule has 0 bridgehead atoms. The molecule has 0 aromatic carbocycles. The van der Waals surface area contributed by atoms with Gasteiger partial charge in [0.05, 0.1) is 37.8 Å². The predicted molar refractivity (Wildman–Crippen MR) is 61.0 cm³/mol. The smallest absolute Gasteiger partial charge is 0.0981 e. The highest BCUT2D eigenvalue weighted by Crippen LogP contribution is 2.13. The fourth-order valence-corrected chi connectivity index (χ4v) is 1.76. The molecule has 0 aliphatic carbocycles. The molecule has 0 radical (unpaired) electrons. The maximum Gasteiger partial charge on any atom is 0.0981 e. The van der Waals surface area contributed by atoms with Crippen LogP contribution in [-0.2, 0) is 9.47 Å². The Balaban J connectivity index is 1.81. The van der Waals surface area contributed by atoms with Crippen molar-refractivity contribution >= 4 is 21.6 Å². The van der Waals surface area contributed by atoms with E-state index >= 15 is 0 Å². The van der Waals surface area contributed by atoms with Crippen LogP contribution in [-0.4, -0.2) is 37.5 Å². The van der Waals surface area contributed by atoms with Crippen LogP contribution in [0.5, 0.6) is 0 Å². The third-order valence-corrected chi connectivity index (χ3v) is 2.56. The molecule has 0 amide bonds. The van der Waals surface area contributed by atoms with Crippen molar-refractivity contribution in [2.24, 2.45) is 0 Å². The lowest BCUT2D eigenvalue weighted by atomic mass is 10.3. The van der Waals surface area contributed by atoms with Crippen LogP contribution < -0.4 is 5.32 Å². The maximum absolute atomic E-state index is 5.51. The molecule has 0 spiro atoms. The highest BCUT2D eigenvalue weighted by Gasteiger charge is 2.13. The first kappa shape index (κ1) is 10.9. The second kappa shape index (κ2) is 5.44. The first-order valence-electron chi connectivity index (χ1n) is 4.88. The summed E-state index contributed by atoms with van der Waals surface area (Å²) in [5.74, 6) is 0. The normalized spacial score (nSPS) is 21.3. The average molecular weight is 273 g/mol. The number of nitrogens with zero attached hydrogens (tertiary/aromatic N) is 1. The van der Waals surface area contributed by atoms with E-state index in [0.29, 0.717) is 19.8 Å². The molecule has 15 heavy (non-hydrogen) atoms. The lowest BCUT2D eigenvalue weighted by Crippen LogP contribution is -2.34. The van der Waals surface area contributed by atoms with Crippen LogP contribution in [0.4, 0.5) is 5.69 Å². The van der Waals surface area contributed by atoms with Crippen LogP contribution in [0.3, 0.4) is 0 Å². The number of anilines is 1. The summed E-state index contributed by atoms with van der Waals surface area (Å²) in [7, 11) is 0. The molecule has 4 nitrogen and oxygen atoms in total. The summed E-state index contributed by atoms with van der Waals surface area (Å²) >= 11 is 3.37. The molecular formula is C10H13BrN2O2. The Morgan fingerprint density at radius 2 is 2.40 bits per heavy atom. The number of hydrogen-bond donors (Lipinski definition) is 1. The molecular weight excluding hydrogens is 260 g/mol. The number of aromatic nitrogens is 1. The highest BCUT2D eigenvalue weighted by atomic mass is 79.9. The van der Waals surface area contributed by atoms with Crippen molar-refractivity contribution in [1.82, 2.24) is 4.98 Å². The fourth-order valence-electron chi connectivity index (χ4n) is 1.39. The summed E-state index contributed by atoms with van der Waals surface area (Å²) in [5, 5.41) is 3.26. The second-order valence-electron chi connectivity index (χ2n) is 3.34. The molecule has 1 saturated heterocycles. The number of pyridine rings is 1. The third kappa shape index (κ3) is 3.44. The number of nitrogens with one attached hydrogen (secondary N) is 1. The van der Waals surface area contributed by atoms with Gasteiger partial charge in [-0.15, -0.1) is 0 Å². The van der Waals surface area contributed by atoms with Gasteiger partial charge < -0.3 is 14.8 Å². The monoisotopic (exact) mass is 272 g/mol. The number of rotatable bonds is 3. The summed E-state index contributed by atoms with van der Waals surface area (Å²) in [5.41, 5.74) is 0.985. The zero-order valence-corrected chi connectivity index (χ0v) is 9.87. The minimum Gasteiger partial charge on any atom is -0.381 e. The number of ether oxygens (including phenoxy) is 2. The van der Waals surface area contributed by atoms with Crippen molar-refractivity contribution < 1.29 is 9.47 Å². The SMILES string of the molecule is Brc1cncc(NCC2COCCO2)c1. The molecule has 82 valence electrons. The van der Waals surface area contributed by atoms with Gasteiger partial charge in [0.2, 0.25) is 0 Å². The lowest BCUT2D eigenvalue weighted by molar-refractivity contribution is -0.0818. The quantitative estimate of drug-likeness (QED) is 0.909. The van der Waals surface area contributed by atoms with Gasteiger partial charge in [0.1, 0.15) is 0 Å². The fraction of sp³-hybridized carbons (Fsp3) is 0.500. The topological polar surface area (TPSA) is 43.4 Å². The number of halogens is 1. The molecule has 5 heteroatoms. The largest absolute Gasteiger partial charge is 0.381 e. The molecule has 1 N–H and O–H groups in total. The molecule has 1 aliphatic rings. The average Bonchev–Trinajstić information content (AvgIpc) is 2.28. The van der Waals surface area contributed by atoms with Crippen molar-refractivity contribution in [1.29, 1.82) is 0 Å². The predicted octanol–water partition coefficient (Wildman–Crippen LogP) is 1.67. The van der Waals surface area contributed by atoms with E-state index < -0.39 is 0 Å². The standard InChI is InChI=1S/C10H13BrN2O2/c11-8-3-9(5-12-4-8)13-6-10-7-14-1-2-15-10/h3-5,10,13H,1-2,6-7H2. The van der Waals surface area contributed by atoms with Crippen molar-refractivity contribution in [2.75, 3.05) is 31.7 Å². The van der Waals surface area contributed by atoms with Crippen LogP contribution in [0.2, 0.25) is 0 Å². The van der Waals surface area contributed by atoms with Gasteiger partial charge in [-0.1, -0.05) is 0 Å². The van der Waals surface area contributed by atoms with Gasteiger partial charge in [0.15, 0.2) is 0 Å². The Hall–Kier alpha value is -0.650. The van der Waals surface area contributed by atoms with Gasteiger partial charge in [-0.2, -0.15) is 0 Å². The van der Waals surface area contributed by atoms with E-state index in [9.17, 15) is 0 Å². The van der Waals surface area contributed by atoms with Crippen LogP contribution in [0.25, 0.3) is 0 Å². The van der Waals surface area contributed by atoms with E-state index in [4.69, 9.17) is 9.47 Å². The second-order valence-corrected chi connectivity index (χ2v) is 4.26. The van der Waals surface area contributed by atoms with Gasteiger partial charge in [0.25, 0.3) is 0 Å². The van der Waals surface area contributed by atoms with Crippen LogP contribution in [0, 0.1) is 0 Å². The molecule has 1 aromatic heterocycles. The van der Waals surface area contributed by atoms with Gasteiger partial charge in [-0.25, -0.2) is 0 Å². The maximum atomic E-state index is 5.51. The first-order chi connectivity index (χ1) is 7.34. The van der Waals surface area contributed by atoms with Crippen molar-refractivity contribution in [2.45, 2.75) is 6.10 Å². The molecule has 0 saturated carbocycles. The molecule has 1 atom stereocenters. The lowest BCUT2D eigenvalue weighted by Gasteiger charge is -2.23. The highest BCUT2D eigenvalue weighted by molar-refractivity contribution is 9.10. The van der Waals surface area contributed by atoms with Crippen molar-refractivity contribution in [3.8, 4) is 0 Å². The zero-order chi connectivity index (χ0) is 10.5. The van der Waals surface area contributed by atoms with Crippen molar-refractivity contribution in [3.63, 3.8) is 0 Å². The van der Waals surface area contributed by atoms with Gasteiger partial charge >= 0.3 is 0 Å². The van der Waals surface area contributed by atoms with Crippen LogP contribution in [0.15, 0.2) is 22.9 Å². The molecule has 1 unspecified atom stereocenters. The molecule has 2 rings (SSSR count). The van der Waals surface area contributed by atoms with Gasteiger partial charge in [-0.3, -0.25) is 4.98 Å². The Kier molecular flexibility index (Phi) is 3.94. The molecule has 2 heterocycles. The zero-order valence-electron chi connectivity index (χ0n) is 8.28. The van der Waals surface area contributed by atoms with Gasteiger partial charge in [0, 0.05) is 17.2 Å². The van der Waals surface area contributed by atoms with E-state index in [1.165, 1.54) is 0 Å². The minimum absolute atomic E-state index is 0.137. The molecule has 1 aromatic rings. The van der Waals surface area contributed by atoms with E-state index in [-0.39, 0.29) is 6.10 Å². The number of hydrogen-bond acceptors (Lipinski definition) is 4. The minimum atomic E-state index is 0.137. The summed E-state index contributed by atoms with van der Waals surface area (Å²) < 4.78 is 11.8. The Morgan fingerprint density at radius 1 is 1.47 bits per heavy atom. The van der Waals surface area contributed by atoms with E-state index in [1.54, 1.807) is 12.4 Å². The van der Waals surface area contributed by atoms with Crippen LogP contribution >= 0.6 is 15.9 Å². The summed E-state index contributed by atoms with van der Waals surface area (Å²) in [6, 6.07) is 1.98. The van der Waals surface area contributed by atoms with E-state index in [1.807, 2.05) is 6.07 Å². The van der Waals surface area contributed by atoms with Gasteiger partial charge in [-0.05, 0) is 22.0 Å². The van der Waals surface area contributed by atoms with Crippen molar-refractivity contribution in [3.05, 3.63) is 22.9 Å². The molecule has 1 aliphatic heterocycles. The van der Waals surface area contributed by atoms with Crippen LogP contribution in [0.1, 0.15) is 0 Å². The Bertz CT molecular complexity index is 316. The Labute approximate surface area is 97.1 Å². The van der Waals surface area contributed by atoms with E-state index in [2.05, 4.69) is 26.2 Å². The molecule has 1 fully saturated rings. The Morgan fingerprint density at radius 3 is 3.13 bits per heavy atom. The third-order valence-electron chi connectivity index (χ3n) is 2.12.